The molecule has 0 fully saturated rings. The van der Waals surface area contributed by atoms with Gasteiger partial charge in [-0.3, -0.25) is 0 Å². The van der Waals surface area contributed by atoms with Crippen LogP contribution >= 0.6 is 0 Å². The van der Waals surface area contributed by atoms with Crippen molar-refractivity contribution in [3.63, 3.8) is 0 Å². The van der Waals surface area contributed by atoms with Gasteiger partial charge in [0.2, 0.25) is 10.0 Å². The lowest BCUT2D eigenvalue weighted by Crippen LogP contribution is -2.57. The fraction of sp³-hybridized carbons (Fsp3) is 1.00. The summed E-state index contributed by atoms with van der Waals surface area (Å²) in [5.74, 6) is -0.299. The number of aliphatic hydroxyl groups excluding tert-OH is 3. The second-order valence-corrected chi connectivity index (χ2v) is 5.94. The molecule has 0 aliphatic rings. The SMILES string of the molecule is CC(C)OCCS(=O)(=O)NC(CO)(CO)CO. The van der Waals surface area contributed by atoms with Crippen LogP contribution in [0.3, 0.4) is 0 Å². The topological polar surface area (TPSA) is 116 Å². The number of rotatable bonds is 9. The van der Waals surface area contributed by atoms with Crippen LogP contribution in [-0.4, -0.2) is 67.6 Å². The van der Waals surface area contributed by atoms with E-state index in [1.807, 2.05) is 0 Å². The molecular formula is C9H21NO6S. The lowest BCUT2D eigenvalue weighted by Gasteiger charge is -2.28. The Bertz CT molecular complexity index is 290. The van der Waals surface area contributed by atoms with Crippen LogP contribution in [0.15, 0.2) is 0 Å². The summed E-state index contributed by atoms with van der Waals surface area (Å²) in [6.07, 6.45) is -0.0801. The predicted molar refractivity (Wildman–Crippen MR) is 62.0 cm³/mol. The number of nitrogens with one attached hydrogen (secondary N) is 1. The normalized spacial score (nSPS) is 13.3. The van der Waals surface area contributed by atoms with E-state index in [0.717, 1.165) is 0 Å². The van der Waals surface area contributed by atoms with Crippen LogP contribution in [0.25, 0.3) is 0 Å². The molecule has 0 amide bonds. The van der Waals surface area contributed by atoms with Gasteiger partial charge in [-0.1, -0.05) is 0 Å². The maximum Gasteiger partial charge on any atom is 0.214 e. The molecule has 8 heteroatoms. The molecule has 0 aromatic rings. The third kappa shape index (κ3) is 6.29. The van der Waals surface area contributed by atoms with Gasteiger partial charge >= 0.3 is 0 Å². The molecule has 0 aromatic heterocycles. The van der Waals surface area contributed by atoms with E-state index < -0.39 is 35.4 Å². The number of sulfonamides is 1. The van der Waals surface area contributed by atoms with Gasteiger partial charge in [0.15, 0.2) is 0 Å². The summed E-state index contributed by atoms with van der Waals surface area (Å²) in [6, 6.07) is 0. The van der Waals surface area contributed by atoms with Crippen molar-refractivity contribution in [3.8, 4) is 0 Å². The highest BCUT2D eigenvalue weighted by Crippen LogP contribution is 2.04. The first-order valence-corrected chi connectivity index (χ1v) is 6.92. The molecule has 0 aromatic carbocycles. The highest BCUT2D eigenvalue weighted by Gasteiger charge is 2.32. The number of hydrogen-bond acceptors (Lipinski definition) is 6. The van der Waals surface area contributed by atoms with Crippen LogP contribution in [0, 0.1) is 0 Å². The Labute approximate surface area is 101 Å². The first-order valence-electron chi connectivity index (χ1n) is 5.26. The largest absolute Gasteiger partial charge is 0.394 e. The predicted octanol–water partition coefficient (Wildman–Crippen LogP) is -1.95. The molecule has 0 aliphatic heterocycles. The molecule has 0 radical (unpaired) electrons. The van der Waals surface area contributed by atoms with Crippen molar-refractivity contribution in [1.29, 1.82) is 0 Å². The second-order valence-electron chi connectivity index (χ2n) is 4.10. The van der Waals surface area contributed by atoms with Gasteiger partial charge in [0, 0.05) is 0 Å². The molecule has 0 bridgehead atoms. The lowest BCUT2D eigenvalue weighted by molar-refractivity contribution is 0.0574. The number of aliphatic hydroxyl groups is 3. The highest BCUT2D eigenvalue weighted by molar-refractivity contribution is 7.89. The van der Waals surface area contributed by atoms with Gasteiger partial charge in [0.1, 0.15) is 5.54 Å². The van der Waals surface area contributed by atoms with Crippen LogP contribution in [-0.2, 0) is 14.8 Å². The maximum absolute atomic E-state index is 11.6. The fourth-order valence-corrected chi connectivity index (χ4v) is 2.29. The summed E-state index contributed by atoms with van der Waals surface area (Å²) in [6.45, 7) is 1.49. The van der Waals surface area contributed by atoms with Gasteiger partial charge in [0.25, 0.3) is 0 Å². The van der Waals surface area contributed by atoms with Gasteiger partial charge in [-0.25, -0.2) is 13.1 Å². The van der Waals surface area contributed by atoms with Crippen molar-refractivity contribution in [2.24, 2.45) is 0 Å². The highest BCUT2D eigenvalue weighted by atomic mass is 32.2. The third-order valence-electron chi connectivity index (χ3n) is 2.08. The number of hydrogen-bond donors (Lipinski definition) is 4. The van der Waals surface area contributed by atoms with E-state index in [1.165, 1.54) is 0 Å². The average Bonchev–Trinajstić information content (AvgIpc) is 2.25. The Balaban J connectivity index is 4.42. The molecule has 0 atom stereocenters. The Kier molecular flexibility index (Phi) is 7.14. The van der Waals surface area contributed by atoms with Crippen molar-refractivity contribution in [3.05, 3.63) is 0 Å². The van der Waals surface area contributed by atoms with Crippen molar-refractivity contribution in [2.75, 3.05) is 32.2 Å². The summed E-state index contributed by atoms with van der Waals surface area (Å²) >= 11 is 0. The summed E-state index contributed by atoms with van der Waals surface area (Å²) in [5, 5.41) is 26.9. The molecule has 7 nitrogen and oxygen atoms in total. The molecule has 17 heavy (non-hydrogen) atoms. The minimum Gasteiger partial charge on any atom is -0.394 e. The average molecular weight is 271 g/mol. The third-order valence-corrected chi connectivity index (χ3v) is 3.53. The molecule has 0 aliphatic carbocycles. The fourth-order valence-electron chi connectivity index (χ4n) is 1.02. The van der Waals surface area contributed by atoms with E-state index in [4.69, 9.17) is 20.1 Å². The van der Waals surface area contributed by atoms with Crippen LogP contribution in [0.4, 0.5) is 0 Å². The zero-order valence-electron chi connectivity index (χ0n) is 10.1. The van der Waals surface area contributed by atoms with Crippen molar-refractivity contribution >= 4 is 10.0 Å². The van der Waals surface area contributed by atoms with Crippen LogP contribution < -0.4 is 4.72 Å². The van der Waals surface area contributed by atoms with Gasteiger partial charge in [-0.2, -0.15) is 0 Å². The molecule has 104 valence electrons. The van der Waals surface area contributed by atoms with E-state index in [2.05, 4.69) is 4.72 Å². The van der Waals surface area contributed by atoms with Gasteiger partial charge in [0.05, 0.1) is 38.3 Å². The zero-order valence-corrected chi connectivity index (χ0v) is 10.9. The molecule has 0 saturated carbocycles. The van der Waals surface area contributed by atoms with Crippen LogP contribution in [0.5, 0.6) is 0 Å². The smallest absolute Gasteiger partial charge is 0.214 e. The molecule has 4 N–H and O–H groups in total. The Morgan fingerprint density at radius 3 is 2.00 bits per heavy atom. The monoisotopic (exact) mass is 271 g/mol. The first-order chi connectivity index (χ1) is 7.81. The van der Waals surface area contributed by atoms with E-state index in [9.17, 15) is 8.42 Å². The van der Waals surface area contributed by atoms with Crippen molar-refractivity contribution < 1.29 is 28.5 Å². The Morgan fingerprint density at radius 1 is 1.18 bits per heavy atom. The molecule has 0 spiro atoms. The first kappa shape index (κ1) is 16.8. The van der Waals surface area contributed by atoms with E-state index in [-0.39, 0.29) is 18.5 Å². The minimum atomic E-state index is -3.73. The second kappa shape index (κ2) is 7.24. The molecule has 0 heterocycles. The number of ether oxygens (including phenoxy) is 1. The molecule has 0 saturated heterocycles. The van der Waals surface area contributed by atoms with Crippen molar-refractivity contribution in [2.45, 2.75) is 25.5 Å². The summed E-state index contributed by atoms with van der Waals surface area (Å²) in [7, 11) is -3.73. The summed E-state index contributed by atoms with van der Waals surface area (Å²) < 4.78 is 30.3. The quantitative estimate of drug-likeness (QED) is 0.387. The summed E-state index contributed by atoms with van der Waals surface area (Å²) in [4.78, 5) is 0. The Hall–Kier alpha value is -0.250. The summed E-state index contributed by atoms with van der Waals surface area (Å²) in [5.41, 5.74) is -1.63. The lowest BCUT2D eigenvalue weighted by atomic mass is 10.1. The molecule has 0 unspecified atom stereocenters. The van der Waals surface area contributed by atoms with Crippen LogP contribution in [0.1, 0.15) is 13.8 Å². The van der Waals surface area contributed by atoms with Gasteiger partial charge < -0.3 is 20.1 Å². The maximum atomic E-state index is 11.6. The van der Waals surface area contributed by atoms with Crippen molar-refractivity contribution in [1.82, 2.24) is 4.72 Å². The van der Waals surface area contributed by atoms with Gasteiger partial charge in [-0.05, 0) is 13.8 Å². The van der Waals surface area contributed by atoms with E-state index >= 15 is 0 Å². The standard InChI is InChI=1S/C9H21NO6S/c1-8(2)16-3-4-17(14,15)10-9(5-11,6-12)7-13/h8,10-13H,3-7H2,1-2H3. The zero-order chi connectivity index (χ0) is 13.5. The molecule has 0 rings (SSSR count). The minimum absolute atomic E-state index is 0.00532. The van der Waals surface area contributed by atoms with E-state index in [1.54, 1.807) is 13.8 Å². The Morgan fingerprint density at radius 2 is 1.65 bits per heavy atom. The van der Waals surface area contributed by atoms with Gasteiger partial charge in [-0.15, -0.1) is 0 Å². The van der Waals surface area contributed by atoms with Crippen LogP contribution in [0.2, 0.25) is 0 Å². The molecular weight excluding hydrogens is 250 g/mol. The van der Waals surface area contributed by atoms with E-state index in [0.29, 0.717) is 0 Å².